The van der Waals surface area contributed by atoms with Gasteiger partial charge in [0.2, 0.25) is 6.10 Å². The number of hydrogen-bond donors (Lipinski definition) is 0. The van der Waals surface area contributed by atoms with E-state index in [9.17, 15) is 4.79 Å². The molecule has 0 spiro atoms. The van der Waals surface area contributed by atoms with E-state index in [1.807, 2.05) is 6.07 Å². The fraction of sp³-hybridized carbons (Fsp3) is 0.222. The quantitative estimate of drug-likeness (QED) is 0.635. The van der Waals surface area contributed by atoms with Gasteiger partial charge in [-0.2, -0.15) is 5.26 Å². The predicted molar refractivity (Wildman–Crippen MR) is 44.4 cm³/mol. The Hall–Kier alpha value is -1.89. The SMILES string of the molecule is CC(=O)OC(C#N)c1cccnc1. The van der Waals surface area contributed by atoms with Crippen molar-refractivity contribution >= 4 is 5.97 Å². The Bertz CT molecular complexity index is 329. The maximum absolute atomic E-state index is 10.6. The normalized spacial score (nSPS) is 11.4. The van der Waals surface area contributed by atoms with E-state index < -0.39 is 12.1 Å². The van der Waals surface area contributed by atoms with Gasteiger partial charge in [0.1, 0.15) is 6.07 Å². The number of nitrogens with zero attached hydrogens (tertiary/aromatic N) is 2. The number of hydrogen-bond acceptors (Lipinski definition) is 4. The summed E-state index contributed by atoms with van der Waals surface area (Å²) in [7, 11) is 0. The van der Waals surface area contributed by atoms with E-state index in [4.69, 9.17) is 10.00 Å². The third kappa shape index (κ3) is 2.56. The second-order valence-corrected chi connectivity index (χ2v) is 2.40. The van der Waals surface area contributed by atoms with E-state index in [1.54, 1.807) is 18.3 Å². The fourth-order valence-corrected chi connectivity index (χ4v) is 0.866. The number of pyridine rings is 1. The van der Waals surface area contributed by atoms with Gasteiger partial charge in [-0.3, -0.25) is 9.78 Å². The molecule has 0 saturated carbocycles. The minimum absolute atomic E-state index is 0.476. The van der Waals surface area contributed by atoms with Crippen LogP contribution in [0, 0.1) is 11.3 Å². The van der Waals surface area contributed by atoms with Crippen LogP contribution in [-0.4, -0.2) is 11.0 Å². The molecule has 0 aromatic carbocycles. The van der Waals surface area contributed by atoms with Gasteiger partial charge in [0.05, 0.1) is 0 Å². The van der Waals surface area contributed by atoms with Gasteiger partial charge in [-0.1, -0.05) is 6.07 Å². The van der Waals surface area contributed by atoms with Crippen molar-refractivity contribution in [1.29, 1.82) is 5.26 Å². The van der Waals surface area contributed by atoms with Crippen LogP contribution in [0.3, 0.4) is 0 Å². The number of esters is 1. The third-order valence-corrected chi connectivity index (χ3v) is 1.39. The molecule has 0 radical (unpaired) electrons. The van der Waals surface area contributed by atoms with E-state index in [2.05, 4.69) is 4.98 Å². The highest BCUT2D eigenvalue weighted by Crippen LogP contribution is 2.14. The first-order valence-electron chi connectivity index (χ1n) is 3.71. The van der Waals surface area contributed by atoms with Crippen LogP contribution >= 0.6 is 0 Å². The van der Waals surface area contributed by atoms with Crippen LogP contribution in [0.15, 0.2) is 24.5 Å². The summed E-state index contributed by atoms with van der Waals surface area (Å²) in [5, 5.41) is 8.67. The van der Waals surface area contributed by atoms with Crippen LogP contribution in [0.5, 0.6) is 0 Å². The van der Waals surface area contributed by atoms with Crippen LogP contribution in [0.2, 0.25) is 0 Å². The van der Waals surface area contributed by atoms with Crippen molar-refractivity contribution in [3.63, 3.8) is 0 Å². The highest BCUT2D eigenvalue weighted by molar-refractivity contribution is 5.66. The number of carbonyl (C=O) groups excluding carboxylic acids is 1. The molecule has 4 nitrogen and oxygen atoms in total. The van der Waals surface area contributed by atoms with E-state index in [1.165, 1.54) is 13.1 Å². The first-order valence-corrected chi connectivity index (χ1v) is 3.71. The van der Waals surface area contributed by atoms with Crippen LogP contribution in [-0.2, 0) is 9.53 Å². The summed E-state index contributed by atoms with van der Waals surface area (Å²) >= 11 is 0. The molecule has 1 unspecified atom stereocenters. The highest BCUT2D eigenvalue weighted by atomic mass is 16.5. The minimum atomic E-state index is -0.855. The number of rotatable bonds is 2. The van der Waals surface area contributed by atoms with E-state index in [0.29, 0.717) is 5.56 Å². The predicted octanol–water partition coefficient (Wildman–Crippen LogP) is 1.21. The van der Waals surface area contributed by atoms with Crippen molar-refractivity contribution in [2.75, 3.05) is 0 Å². The molecule has 4 heteroatoms. The molecule has 0 aliphatic heterocycles. The van der Waals surface area contributed by atoms with Gasteiger partial charge in [-0.05, 0) is 6.07 Å². The first-order chi connectivity index (χ1) is 6.24. The summed E-state index contributed by atoms with van der Waals surface area (Å²) in [4.78, 5) is 14.4. The standard InChI is InChI=1S/C9H8N2O2/c1-7(12)13-9(5-10)8-3-2-4-11-6-8/h2-4,6,9H,1H3. The average molecular weight is 176 g/mol. The lowest BCUT2D eigenvalue weighted by Gasteiger charge is -2.07. The summed E-state index contributed by atoms with van der Waals surface area (Å²) in [6, 6.07) is 5.23. The molecule has 0 aliphatic rings. The topological polar surface area (TPSA) is 63.0 Å². The van der Waals surface area contributed by atoms with Crippen LogP contribution < -0.4 is 0 Å². The Labute approximate surface area is 75.8 Å². The molecule has 1 atom stereocenters. The first kappa shape index (κ1) is 9.20. The second-order valence-electron chi connectivity index (χ2n) is 2.40. The molecule has 0 N–H and O–H groups in total. The number of carbonyl (C=O) groups is 1. The van der Waals surface area contributed by atoms with Gasteiger partial charge < -0.3 is 4.74 Å². The molecular formula is C9H8N2O2. The lowest BCUT2D eigenvalue weighted by Crippen LogP contribution is -2.06. The molecule has 66 valence electrons. The van der Waals surface area contributed by atoms with Gasteiger partial charge in [0.15, 0.2) is 0 Å². The molecule has 0 bridgehead atoms. The Morgan fingerprint density at radius 2 is 2.54 bits per heavy atom. The van der Waals surface area contributed by atoms with Gasteiger partial charge in [0, 0.05) is 24.9 Å². The minimum Gasteiger partial charge on any atom is -0.442 e. The Balaban J connectivity index is 2.80. The molecule has 1 rings (SSSR count). The van der Waals surface area contributed by atoms with E-state index >= 15 is 0 Å². The van der Waals surface area contributed by atoms with Crippen LogP contribution in [0.1, 0.15) is 18.6 Å². The molecule has 0 aliphatic carbocycles. The molecule has 0 amide bonds. The van der Waals surface area contributed by atoms with Gasteiger partial charge in [0.25, 0.3) is 0 Å². The van der Waals surface area contributed by atoms with Crippen LogP contribution in [0.25, 0.3) is 0 Å². The number of ether oxygens (including phenoxy) is 1. The van der Waals surface area contributed by atoms with Crippen molar-refractivity contribution in [3.05, 3.63) is 30.1 Å². The Morgan fingerprint density at radius 3 is 3.00 bits per heavy atom. The summed E-state index contributed by atoms with van der Waals surface area (Å²) in [5.41, 5.74) is 0.584. The summed E-state index contributed by atoms with van der Waals surface area (Å²) < 4.78 is 4.75. The van der Waals surface area contributed by atoms with Crippen molar-refractivity contribution in [1.82, 2.24) is 4.98 Å². The van der Waals surface area contributed by atoms with Gasteiger partial charge in [-0.25, -0.2) is 0 Å². The molecule has 1 heterocycles. The Morgan fingerprint density at radius 1 is 1.77 bits per heavy atom. The molecular weight excluding hydrogens is 168 g/mol. The molecule has 13 heavy (non-hydrogen) atoms. The van der Waals surface area contributed by atoms with Gasteiger partial charge >= 0.3 is 5.97 Å². The van der Waals surface area contributed by atoms with Gasteiger partial charge in [-0.15, -0.1) is 0 Å². The molecule has 0 saturated heterocycles. The Kier molecular flexibility index (Phi) is 2.98. The maximum Gasteiger partial charge on any atom is 0.304 e. The van der Waals surface area contributed by atoms with Crippen molar-refractivity contribution in [2.45, 2.75) is 13.0 Å². The zero-order chi connectivity index (χ0) is 9.68. The highest BCUT2D eigenvalue weighted by Gasteiger charge is 2.12. The van der Waals surface area contributed by atoms with Crippen LogP contribution in [0.4, 0.5) is 0 Å². The zero-order valence-electron chi connectivity index (χ0n) is 7.10. The number of nitriles is 1. The van der Waals surface area contributed by atoms with E-state index in [-0.39, 0.29) is 0 Å². The lowest BCUT2D eigenvalue weighted by atomic mass is 10.2. The fourth-order valence-electron chi connectivity index (χ4n) is 0.866. The lowest BCUT2D eigenvalue weighted by molar-refractivity contribution is -0.144. The summed E-state index contributed by atoms with van der Waals surface area (Å²) in [6.45, 7) is 1.26. The smallest absolute Gasteiger partial charge is 0.304 e. The molecule has 0 fully saturated rings. The summed E-state index contributed by atoms with van der Waals surface area (Å²) in [6.07, 6.45) is 2.23. The zero-order valence-corrected chi connectivity index (χ0v) is 7.10. The monoisotopic (exact) mass is 176 g/mol. The summed E-state index contributed by atoms with van der Waals surface area (Å²) in [5.74, 6) is -0.476. The van der Waals surface area contributed by atoms with Crippen molar-refractivity contribution < 1.29 is 9.53 Å². The average Bonchev–Trinajstić information content (AvgIpc) is 2.15. The van der Waals surface area contributed by atoms with Crippen molar-refractivity contribution in [3.8, 4) is 6.07 Å². The molecule has 1 aromatic heterocycles. The maximum atomic E-state index is 10.6. The molecule has 1 aromatic rings. The largest absolute Gasteiger partial charge is 0.442 e. The number of aromatic nitrogens is 1. The van der Waals surface area contributed by atoms with E-state index in [0.717, 1.165) is 0 Å². The van der Waals surface area contributed by atoms with Crippen molar-refractivity contribution in [2.24, 2.45) is 0 Å². The second kappa shape index (κ2) is 4.21. The third-order valence-electron chi connectivity index (χ3n) is 1.39.